The highest BCUT2D eigenvalue weighted by atomic mass is 32.2. The van der Waals surface area contributed by atoms with Crippen LogP contribution in [0.25, 0.3) is 0 Å². The molecule has 1 aromatic rings. The maximum Gasteiger partial charge on any atom is 0.211 e. The molecule has 0 aromatic heterocycles. The molecular formula is C17H28N4O3S. The Kier molecular flexibility index (Phi) is 5.41. The fourth-order valence-corrected chi connectivity index (χ4v) is 4.61. The maximum absolute atomic E-state index is 11.7. The van der Waals surface area contributed by atoms with Gasteiger partial charge in [-0.05, 0) is 25.0 Å². The lowest BCUT2D eigenvalue weighted by molar-refractivity contribution is 0.125. The lowest BCUT2D eigenvalue weighted by Gasteiger charge is -2.43. The van der Waals surface area contributed by atoms with Crippen LogP contribution in [0.3, 0.4) is 0 Å². The summed E-state index contributed by atoms with van der Waals surface area (Å²) >= 11 is 0. The quantitative estimate of drug-likeness (QED) is 0.793. The lowest BCUT2D eigenvalue weighted by atomic mass is 10.0. The van der Waals surface area contributed by atoms with Crippen molar-refractivity contribution in [1.82, 2.24) is 9.21 Å². The highest BCUT2D eigenvalue weighted by Crippen LogP contribution is 2.30. The topological polar surface area (TPSA) is 79.1 Å². The molecule has 2 fully saturated rings. The molecule has 3 rings (SSSR count). The number of rotatable bonds is 4. The molecule has 2 aliphatic heterocycles. The van der Waals surface area contributed by atoms with Gasteiger partial charge >= 0.3 is 0 Å². The van der Waals surface area contributed by atoms with Crippen molar-refractivity contribution in [2.75, 3.05) is 63.3 Å². The minimum Gasteiger partial charge on any atom is -0.495 e. The zero-order valence-corrected chi connectivity index (χ0v) is 15.8. The average Bonchev–Trinajstić information content (AvgIpc) is 2.61. The normalized spacial score (nSPS) is 23.6. The Morgan fingerprint density at radius 1 is 1.16 bits per heavy atom. The van der Waals surface area contributed by atoms with Crippen molar-refractivity contribution in [3.05, 3.63) is 18.2 Å². The standard InChI is InChI=1S/C17H28N4O3S/c1-24-17-12-14(5-6-16(17)18)20-7-3-4-15(13-20)19-8-10-21(11-9-19)25(2,22)23/h5-6,12,15H,3-4,7-11,13,18H2,1-2H3. The lowest BCUT2D eigenvalue weighted by Crippen LogP contribution is -2.55. The first kappa shape index (κ1) is 18.3. The molecule has 7 nitrogen and oxygen atoms in total. The second-order valence-corrected chi connectivity index (χ2v) is 8.85. The number of piperazine rings is 1. The number of nitrogens with zero attached hydrogens (tertiary/aromatic N) is 3. The Morgan fingerprint density at radius 2 is 1.88 bits per heavy atom. The molecule has 2 aliphatic rings. The molecule has 8 heteroatoms. The second kappa shape index (κ2) is 7.39. The van der Waals surface area contributed by atoms with Gasteiger partial charge in [0.2, 0.25) is 10.0 Å². The first-order valence-corrected chi connectivity index (χ1v) is 10.6. The summed E-state index contributed by atoms with van der Waals surface area (Å²) in [5.41, 5.74) is 7.70. The van der Waals surface area contributed by atoms with Gasteiger partial charge in [0.1, 0.15) is 5.75 Å². The molecule has 0 saturated carbocycles. The molecule has 1 unspecified atom stereocenters. The maximum atomic E-state index is 11.7. The SMILES string of the molecule is COc1cc(N2CCCC(N3CCN(S(C)(=O)=O)CC3)C2)ccc1N. The van der Waals surface area contributed by atoms with Crippen LogP contribution in [0.15, 0.2) is 18.2 Å². The van der Waals surface area contributed by atoms with Crippen molar-refractivity contribution >= 4 is 21.4 Å². The summed E-state index contributed by atoms with van der Waals surface area (Å²) in [6, 6.07) is 6.39. The average molecular weight is 369 g/mol. The molecule has 2 N–H and O–H groups in total. The number of hydrogen-bond donors (Lipinski definition) is 1. The Balaban J connectivity index is 1.64. The summed E-state index contributed by atoms with van der Waals surface area (Å²) in [7, 11) is -1.44. The number of benzene rings is 1. The smallest absolute Gasteiger partial charge is 0.211 e. The van der Waals surface area contributed by atoms with Crippen LogP contribution in [-0.4, -0.2) is 76.3 Å². The van der Waals surface area contributed by atoms with E-state index < -0.39 is 10.0 Å². The highest BCUT2D eigenvalue weighted by Gasteiger charge is 2.30. The second-order valence-electron chi connectivity index (χ2n) is 6.87. The van der Waals surface area contributed by atoms with E-state index in [1.807, 2.05) is 18.2 Å². The van der Waals surface area contributed by atoms with E-state index in [9.17, 15) is 8.42 Å². The van der Waals surface area contributed by atoms with Crippen molar-refractivity contribution in [1.29, 1.82) is 0 Å². The number of methoxy groups -OCH3 is 1. The number of anilines is 2. The van der Waals surface area contributed by atoms with Crippen LogP contribution >= 0.6 is 0 Å². The molecule has 0 aliphatic carbocycles. The van der Waals surface area contributed by atoms with Gasteiger partial charge in [0.25, 0.3) is 0 Å². The molecule has 2 heterocycles. The van der Waals surface area contributed by atoms with Crippen LogP contribution in [0.2, 0.25) is 0 Å². The van der Waals surface area contributed by atoms with E-state index in [-0.39, 0.29) is 0 Å². The molecule has 1 atom stereocenters. The first-order valence-electron chi connectivity index (χ1n) is 8.76. The number of hydrogen-bond acceptors (Lipinski definition) is 6. The third-order valence-corrected chi connectivity index (χ3v) is 6.54. The fourth-order valence-electron chi connectivity index (χ4n) is 3.78. The first-order chi connectivity index (χ1) is 11.9. The van der Waals surface area contributed by atoms with Gasteiger partial charge in [-0.1, -0.05) is 0 Å². The van der Waals surface area contributed by atoms with E-state index in [1.54, 1.807) is 11.4 Å². The van der Waals surface area contributed by atoms with Crippen molar-refractivity contribution in [3.63, 3.8) is 0 Å². The summed E-state index contributed by atoms with van der Waals surface area (Å²) in [6.07, 6.45) is 3.57. The Hall–Kier alpha value is -1.51. The van der Waals surface area contributed by atoms with Crippen LogP contribution in [0.4, 0.5) is 11.4 Å². The molecular weight excluding hydrogens is 340 g/mol. The number of nitrogens with two attached hydrogens (primary N) is 1. The third-order valence-electron chi connectivity index (χ3n) is 5.24. The van der Waals surface area contributed by atoms with E-state index >= 15 is 0 Å². The predicted octanol–water partition coefficient (Wildman–Crippen LogP) is 0.823. The number of ether oxygens (including phenoxy) is 1. The molecule has 1 aromatic carbocycles. The highest BCUT2D eigenvalue weighted by molar-refractivity contribution is 7.88. The molecule has 0 amide bonds. The zero-order valence-electron chi connectivity index (χ0n) is 15.0. The number of piperidine rings is 1. The molecule has 0 spiro atoms. The Morgan fingerprint density at radius 3 is 2.52 bits per heavy atom. The molecule has 0 radical (unpaired) electrons. The fraction of sp³-hybridized carbons (Fsp3) is 0.647. The predicted molar refractivity (Wildman–Crippen MR) is 101 cm³/mol. The van der Waals surface area contributed by atoms with Crippen molar-refractivity contribution < 1.29 is 13.2 Å². The van der Waals surface area contributed by atoms with Crippen LogP contribution in [0, 0.1) is 0 Å². The number of sulfonamides is 1. The summed E-state index contributed by atoms with van der Waals surface area (Å²) < 4.78 is 30.3. The minimum atomic E-state index is -3.08. The summed E-state index contributed by atoms with van der Waals surface area (Å²) in [6.45, 7) is 4.75. The summed E-state index contributed by atoms with van der Waals surface area (Å²) in [5.74, 6) is 0.710. The third kappa shape index (κ3) is 4.19. The van der Waals surface area contributed by atoms with Gasteiger partial charge in [-0.3, -0.25) is 4.90 Å². The van der Waals surface area contributed by atoms with Crippen LogP contribution in [-0.2, 0) is 10.0 Å². The van der Waals surface area contributed by atoms with E-state index in [1.165, 1.54) is 6.26 Å². The number of nitrogen functional groups attached to an aromatic ring is 1. The van der Waals surface area contributed by atoms with Gasteiger partial charge in [0.15, 0.2) is 0 Å². The molecule has 140 valence electrons. The van der Waals surface area contributed by atoms with E-state index in [2.05, 4.69) is 9.80 Å². The Labute approximate surface area is 150 Å². The molecule has 0 bridgehead atoms. The van der Waals surface area contributed by atoms with Gasteiger partial charge in [0, 0.05) is 57.1 Å². The minimum absolute atomic E-state index is 0.457. The van der Waals surface area contributed by atoms with E-state index in [4.69, 9.17) is 10.5 Å². The van der Waals surface area contributed by atoms with E-state index in [0.29, 0.717) is 30.6 Å². The van der Waals surface area contributed by atoms with Crippen molar-refractivity contribution in [2.45, 2.75) is 18.9 Å². The van der Waals surface area contributed by atoms with Crippen LogP contribution in [0.1, 0.15) is 12.8 Å². The van der Waals surface area contributed by atoms with Crippen molar-refractivity contribution in [2.24, 2.45) is 0 Å². The Bertz CT molecular complexity index is 702. The zero-order chi connectivity index (χ0) is 18.0. The van der Waals surface area contributed by atoms with Gasteiger partial charge < -0.3 is 15.4 Å². The van der Waals surface area contributed by atoms with Gasteiger partial charge in [0.05, 0.1) is 19.1 Å². The van der Waals surface area contributed by atoms with E-state index in [0.717, 1.165) is 44.7 Å². The van der Waals surface area contributed by atoms with Crippen LogP contribution < -0.4 is 15.4 Å². The molecule has 25 heavy (non-hydrogen) atoms. The van der Waals surface area contributed by atoms with Crippen molar-refractivity contribution in [3.8, 4) is 5.75 Å². The summed E-state index contributed by atoms with van der Waals surface area (Å²) in [5, 5.41) is 0. The largest absolute Gasteiger partial charge is 0.495 e. The van der Waals surface area contributed by atoms with Gasteiger partial charge in [-0.2, -0.15) is 4.31 Å². The van der Waals surface area contributed by atoms with Gasteiger partial charge in [-0.15, -0.1) is 0 Å². The summed E-state index contributed by atoms with van der Waals surface area (Å²) in [4.78, 5) is 4.81. The van der Waals surface area contributed by atoms with Crippen LogP contribution in [0.5, 0.6) is 5.75 Å². The molecule has 2 saturated heterocycles. The van der Waals surface area contributed by atoms with Gasteiger partial charge in [-0.25, -0.2) is 8.42 Å². The monoisotopic (exact) mass is 368 g/mol.